The van der Waals surface area contributed by atoms with E-state index in [1.807, 2.05) is 23.1 Å². The fourth-order valence-corrected chi connectivity index (χ4v) is 5.08. The molecule has 3 aliphatic rings. The van der Waals surface area contributed by atoms with Crippen LogP contribution in [0.5, 0.6) is 17.4 Å². The van der Waals surface area contributed by atoms with Gasteiger partial charge in [0.2, 0.25) is 11.4 Å². The van der Waals surface area contributed by atoms with E-state index in [1.165, 1.54) is 6.07 Å². The maximum atomic E-state index is 13.6. The van der Waals surface area contributed by atoms with E-state index in [-0.39, 0.29) is 29.7 Å². The first kappa shape index (κ1) is 20.1. The number of hydrogen-bond acceptors (Lipinski definition) is 6. The van der Waals surface area contributed by atoms with Gasteiger partial charge in [0, 0.05) is 30.1 Å². The highest BCUT2D eigenvalue weighted by molar-refractivity contribution is 6.00. The summed E-state index contributed by atoms with van der Waals surface area (Å²) in [6.45, 7) is 0.846. The molecule has 1 saturated heterocycles. The van der Waals surface area contributed by atoms with E-state index in [2.05, 4.69) is 9.97 Å². The number of fused-ring (bicyclic) bond motifs is 3. The molecule has 0 bridgehead atoms. The van der Waals surface area contributed by atoms with Crippen LogP contribution in [0.3, 0.4) is 0 Å². The van der Waals surface area contributed by atoms with Crippen molar-refractivity contribution in [3.8, 4) is 17.4 Å². The minimum Gasteiger partial charge on any atom is -0.490 e. The maximum Gasteiger partial charge on any atom is 0.261 e. The van der Waals surface area contributed by atoms with Crippen LogP contribution in [-0.2, 0) is 0 Å². The number of benzene rings is 1. The van der Waals surface area contributed by atoms with Crippen LogP contribution in [0.2, 0.25) is 0 Å². The van der Waals surface area contributed by atoms with Crippen LogP contribution in [0.4, 0.5) is 0 Å². The Kier molecular flexibility index (Phi) is 4.93. The second-order valence-corrected chi connectivity index (χ2v) is 8.98. The van der Waals surface area contributed by atoms with E-state index in [0.29, 0.717) is 48.0 Å². The molecular weight excluding hydrogens is 422 g/mol. The summed E-state index contributed by atoms with van der Waals surface area (Å²) in [5, 5.41) is 0.831. The quantitative estimate of drug-likeness (QED) is 0.660. The Balaban J connectivity index is 1.22. The molecule has 33 heavy (non-hydrogen) atoms. The van der Waals surface area contributed by atoms with Gasteiger partial charge in [0.25, 0.3) is 5.91 Å². The molecule has 1 aliphatic carbocycles. The van der Waals surface area contributed by atoms with E-state index in [9.17, 15) is 9.59 Å². The second kappa shape index (κ2) is 8.10. The van der Waals surface area contributed by atoms with Crippen LogP contribution in [0.25, 0.3) is 10.9 Å². The van der Waals surface area contributed by atoms with E-state index < -0.39 is 0 Å². The Morgan fingerprint density at radius 3 is 2.82 bits per heavy atom. The van der Waals surface area contributed by atoms with Gasteiger partial charge >= 0.3 is 0 Å². The first-order chi connectivity index (χ1) is 16.1. The van der Waals surface area contributed by atoms with Crippen molar-refractivity contribution in [3.05, 3.63) is 58.5 Å². The Morgan fingerprint density at radius 1 is 1.06 bits per heavy atom. The van der Waals surface area contributed by atoms with Crippen molar-refractivity contribution in [2.45, 2.75) is 50.4 Å². The SMILES string of the molecule is O=C1c2c(cccc2OC2CCCC2)OC[C@H]2C[C@H](Oc3cc4[nH]c(=O)ccc4cn3)CN12. The molecule has 1 saturated carbocycles. The standard InChI is InChI=1S/C25H25N3O5/c29-22-9-8-15-12-26-23(11-19(15)27-22)33-18-10-16-14-31-20-6-3-7-21(32-17-4-1-2-5-17)24(20)25(30)28(16)13-18/h3,6-9,11-12,16-18H,1-2,4-5,10,13-14H2,(H,27,29)/t16-,18+/m1/s1. The lowest BCUT2D eigenvalue weighted by molar-refractivity contribution is 0.0708. The smallest absolute Gasteiger partial charge is 0.261 e. The fourth-order valence-electron chi connectivity index (χ4n) is 5.08. The van der Waals surface area contributed by atoms with Crippen molar-refractivity contribution >= 4 is 16.8 Å². The van der Waals surface area contributed by atoms with Gasteiger partial charge in [-0.05, 0) is 43.9 Å². The summed E-state index contributed by atoms with van der Waals surface area (Å²) in [7, 11) is 0. The third kappa shape index (κ3) is 3.79. The predicted octanol–water partition coefficient (Wildman–Crippen LogP) is 3.30. The van der Waals surface area contributed by atoms with Crippen LogP contribution < -0.4 is 19.8 Å². The number of ether oxygens (including phenoxy) is 3. The van der Waals surface area contributed by atoms with Crippen LogP contribution in [0.1, 0.15) is 42.5 Å². The van der Waals surface area contributed by atoms with Gasteiger partial charge in [0.15, 0.2) is 0 Å². The number of nitrogens with one attached hydrogen (secondary N) is 1. The molecule has 2 fully saturated rings. The second-order valence-electron chi connectivity index (χ2n) is 8.98. The van der Waals surface area contributed by atoms with Crippen molar-refractivity contribution in [2.24, 2.45) is 0 Å². The normalized spacial score (nSPS) is 22.5. The van der Waals surface area contributed by atoms with E-state index in [1.54, 1.807) is 18.3 Å². The first-order valence-electron chi connectivity index (χ1n) is 11.5. The molecule has 8 nitrogen and oxygen atoms in total. The number of aromatic amines is 1. The van der Waals surface area contributed by atoms with Crippen molar-refractivity contribution in [1.29, 1.82) is 0 Å². The topological polar surface area (TPSA) is 93.8 Å². The van der Waals surface area contributed by atoms with Crippen LogP contribution in [0, 0.1) is 0 Å². The van der Waals surface area contributed by atoms with Crippen molar-refractivity contribution in [2.75, 3.05) is 13.2 Å². The molecule has 4 heterocycles. The van der Waals surface area contributed by atoms with Gasteiger partial charge < -0.3 is 24.1 Å². The molecule has 6 rings (SSSR count). The van der Waals surface area contributed by atoms with Gasteiger partial charge in [-0.1, -0.05) is 6.07 Å². The van der Waals surface area contributed by atoms with Gasteiger partial charge in [-0.25, -0.2) is 4.98 Å². The predicted molar refractivity (Wildman–Crippen MR) is 121 cm³/mol. The van der Waals surface area contributed by atoms with E-state index in [0.717, 1.165) is 31.1 Å². The van der Waals surface area contributed by atoms with E-state index in [4.69, 9.17) is 14.2 Å². The third-order valence-corrected chi connectivity index (χ3v) is 6.74. The average molecular weight is 447 g/mol. The molecular formula is C25H25N3O5. The number of aromatic nitrogens is 2. The third-order valence-electron chi connectivity index (χ3n) is 6.74. The summed E-state index contributed by atoms with van der Waals surface area (Å²) < 4.78 is 18.4. The highest BCUT2D eigenvalue weighted by Crippen LogP contribution is 2.37. The van der Waals surface area contributed by atoms with Gasteiger partial charge in [0.1, 0.15) is 29.8 Å². The Labute approximate surface area is 190 Å². The van der Waals surface area contributed by atoms with Gasteiger partial charge in [-0.3, -0.25) is 9.59 Å². The number of nitrogens with zero attached hydrogens (tertiary/aromatic N) is 2. The number of rotatable bonds is 4. The summed E-state index contributed by atoms with van der Waals surface area (Å²) in [5.41, 5.74) is 1.00. The summed E-state index contributed by atoms with van der Waals surface area (Å²) in [5.74, 6) is 1.53. The molecule has 2 aromatic heterocycles. The van der Waals surface area contributed by atoms with Crippen molar-refractivity contribution in [3.63, 3.8) is 0 Å². The number of carbonyl (C=O) groups excluding carboxylic acids is 1. The van der Waals surface area contributed by atoms with Crippen LogP contribution in [-0.4, -0.2) is 52.2 Å². The van der Waals surface area contributed by atoms with E-state index >= 15 is 0 Å². The molecule has 0 unspecified atom stereocenters. The number of carbonyl (C=O) groups is 1. The van der Waals surface area contributed by atoms with Gasteiger partial charge in [-0.2, -0.15) is 0 Å². The fraction of sp³-hybridized carbons (Fsp3) is 0.400. The minimum absolute atomic E-state index is 0.0806. The summed E-state index contributed by atoms with van der Waals surface area (Å²) in [4.78, 5) is 34.2. The Morgan fingerprint density at radius 2 is 1.94 bits per heavy atom. The number of H-pyrrole nitrogens is 1. The zero-order valence-corrected chi connectivity index (χ0v) is 18.2. The molecule has 170 valence electrons. The summed E-state index contributed by atoms with van der Waals surface area (Å²) >= 11 is 0. The summed E-state index contributed by atoms with van der Waals surface area (Å²) in [6.07, 6.45) is 6.61. The Bertz CT molecular complexity index is 1270. The highest BCUT2D eigenvalue weighted by Gasteiger charge is 2.41. The number of amides is 1. The number of hydrogen-bond donors (Lipinski definition) is 1. The largest absolute Gasteiger partial charge is 0.490 e. The molecule has 0 spiro atoms. The Hall–Kier alpha value is -3.55. The molecule has 1 amide bonds. The molecule has 1 aromatic carbocycles. The molecule has 1 N–H and O–H groups in total. The van der Waals surface area contributed by atoms with Gasteiger partial charge in [-0.15, -0.1) is 0 Å². The maximum absolute atomic E-state index is 13.6. The average Bonchev–Trinajstić information content (AvgIpc) is 3.44. The highest BCUT2D eigenvalue weighted by atomic mass is 16.5. The molecule has 3 aromatic rings. The van der Waals surface area contributed by atoms with Crippen molar-refractivity contribution < 1.29 is 19.0 Å². The zero-order valence-electron chi connectivity index (χ0n) is 18.2. The molecule has 2 atom stereocenters. The molecule has 0 radical (unpaired) electrons. The van der Waals surface area contributed by atoms with Crippen LogP contribution in [0.15, 0.2) is 47.4 Å². The first-order valence-corrected chi connectivity index (χ1v) is 11.5. The monoisotopic (exact) mass is 447 g/mol. The minimum atomic E-state index is -0.215. The lowest BCUT2D eigenvalue weighted by atomic mass is 10.1. The van der Waals surface area contributed by atoms with Crippen LogP contribution >= 0.6 is 0 Å². The summed E-state index contributed by atoms with van der Waals surface area (Å²) in [6, 6.07) is 10.4. The molecule has 2 aliphatic heterocycles. The molecule has 8 heteroatoms. The lowest BCUT2D eigenvalue weighted by Crippen LogP contribution is -2.37. The van der Waals surface area contributed by atoms with Crippen molar-refractivity contribution in [1.82, 2.24) is 14.9 Å². The lowest BCUT2D eigenvalue weighted by Gasteiger charge is -2.22. The van der Waals surface area contributed by atoms with Gasteiger partial charge in [0.05, 0.1) is 24.2 Å². The number of pyridine rings is 2. The zero-order chi connectivity index (χ0) is 22.4.